The third-order valence-electron chi connectivity index (χ3n) is 3.46. The van der Waals surface area contributed by atoms with Crippen molar-refractivity contribution in [3.05, 3.63) is 23.2 Å². The Balaban J connectivity index is 2.76. The Morgan fingerprint density at radius 3 is 2.52 bits per heavy atom. The number of methoxy groups -OCH3 is 1. The van der Waals surface area contributed by atoms with Crippen LogP contribution >= 0.6 is 11.6 Å². The maximum Gasteiger partial charge on any atom is 0.232 e. The first-order valence-electron chi connectivity index (χ1n) is 7.88. The molecule has 0 saturated heterocycles. The summed E-state index contributed by atoms with van der Waals surface area (Å²) < 4.78 is 30.6. The average molecular weight is 392 g/mol. The van der Waals surface area contributed by atoms with Gasteiger partial charge in [0, 0.05) is 24.5 Å². The van der Waals surface area contributed by atoms with Gasteiger partial charge in [-0.1, -0.05) is 11.6 Å². The Bertz CT molecular complexity index is 680. The summed E-state index contributed by atoms with van der Waals surface area (Å²) in [5.41, 5.74) is 0.318. The molecule has 1 aromatic rings. The fourth-order valence-electron chi connectivity index (χ4n) is 2.24. The molecule has 0 aliphatic heterocycles. The number of carbonyl (C=O) groups excluding carboxylic acids is 1. The highest BCUT2D eigenvalue weighted by molar-refractivity contribution is 7.92. The van der Waals surface area contributed by atoms with Crippen LogP contribution in [0.5, 0.6) is 5.75 Å². The van der Waals surface area contributed by atoms with Gasteiger partial charge in [0.15, 0.2) is 0 Å². The van der Waals surface area contributed by atoms with Crippen LogP contribution in [0.25, 0.3) is 0 Å². The summed E-state index contributed by atoms with van der Waals surface area (Å²) in [4.78, 5) is 14.0. The highest BCUT2D eigenvalue weighted by atomic mass is 35.5. The number of anilines is 1. The van der Waals surface area contributed by atoms with E-state index in [-0.39, 0.29) is 18.9 Å². The molecule has 0 heterocycles. The second-order valence-electron chi connectivity index (χ2n) is 5.91. The van der Waals surface area contributed by atoms with Gasteiger partial charge in [-0.15, -0.1) is 0 Å². The minimum absolute atomic E-state index is 0.00898. The van der Waals surface area contributed by atoms with E-state index in [1.165, 1.54) is 13.2 Å². The van der Waals surface area contributed by atoms with Crippen LogP contribution in [0.15, 0.2) is 18.2 Å². The number of hydrogen-bond donors (Lipinski definition) is 1. The predicted molar refractivity (Wildman–Crippen MR) is 101 cm³/mol. The molecule has 7 nitrogen and oxygen atoms in total. The van der Waals surface area contributed by atoms with Gasteiger partial charge in [0.05, 0.1) is 19.1 Å². The second-order valence-corrected chi connectivity index (χ2v) is 8.25. The monoisotopic (exact) mass is 391 g/mol. The van der Waals surface area contributed by atoms with Gasteiger partial charge < -0.3 is 15.0 Å². The van der Waals surface area contributed by atoms with E-state index >= 15 is 0 Å². The molecular formula is C16H26ClN3O4S. The van der Waals surface area contributed by atoms with Crippen molar-refractivity contribution in [2.75, 3.05) is 51.4 Å². The van der Waals surface area contributed by atoms with Crippen molar-refractivity contribution in [1.29, 1.82) is 0 Å². The zero-order valence-corrected chi connectivity index (χ0v) is 16.7. The van der Waals surface area contributed by atoms with E-state index < -0.39 is 10.0 Å². The molecule has 1 amide bonds. The first-order valence-corrected chi connectivity index (χ1v) is 10.1. The number of rotatable bonds is 10. The largest absolute Gasteiger partial charge is 0.495 e. The average Bonchev–Trinajstić information content (AvgIpc) is 2.50. The molecule has 0 aliphatic carbocycles. The molecular weight excluding hydrogens is 366 g/mol. The van der Waals surface area contributed by atoms with Crippen LogP contribution in [-0.2, 0) is 14.8 Å². The molecule has 9 heteroatoms. The van der Waals surface area contributed by atoms with E-state index in [9.17, 15) is 13.2 Å². The molecule has 1 N–H and O–H groups in total. The fraction of sp³-hybridized carbons (Fsp3) is 0.562. The van der Waals surface area contributed by atoms with Crippen LogP contribution < -0.4 is 14.4 Å². The lowest BCUT2D eigenvalue weighted by molar-refractivity contribution is -0.120. The number of benzene rings is 1. The van der Waals surface area contributed by atoms with Crippen molar-refractivity contribution < 1.29 is 17.9 Å². The van der Waals surface area contributed by atoms with Crippen LogP contribution in [0.4, 0.5) is 5.69 Å². The van der Waals surface area contributed by atoms with Crippen LogP contribution in [-0.4, -0.2) is 66.3 Å². The molecule has 25 heavy (non-hydrogen) atoms. The maximum absolute atomic E-state index is 12.1. The van der Waals surface area contributed by atoms with Crippen molar-refractivity contribution in [3.8, 4) is 5.75 Å². The number of halogens is 1. The van der Waals surface area contributed by atoms with Gasteiger partial charge in [0.2, 0.25) is 15.9 Å². The molecule has 0 fully saturated rings. The Kier molecular flexibility index (Phi) is 8.47. The Hall–Kier alpha value is -1.51. The van der Waals surface area contributed by atoms with Crippen LogP contribution in [0.1, 0.15) is 12.8 Å². The van der Waals surface area contributed by atoms with Gasteiger partial charge >= 0.3 is 0 Å². The molecule has 0 bridgehead atoms. The van der Waals surface area contributed by atoms with E-state index in [1.54, 1.807) is 12.1 Å². The third-order valence-corrected chi connectivity index (χ3v) is 4.87. The van der Waals surface area contributed by atoms with E-state index in [4.69, 9.17) is 16.3 Å². The molecule has 0 aromatic heterocycles. The number of amides is 1. The third kappa shape index (κ3) is 7.50. The van der Waals surface area contributed by atoms with E-state index in [1.807, 2.05) is 19.0 Å². The first kappa shape index (κ1) is 21.5. The van der Waals surface area contributed by atoms with Crippen molar-refractivity contribution in [2.24, 2.45) is 0 Å². The molecule has 142 valence electrons. The van der Waals surface area contributed by atoms with Crippen molar-refractivity contribution >= 4 is 33.2 Å². The highest BCUT2D eigenvalue weighted by Crippen LogP contribution is 2.32. The second kappa shape index (κ2) is 9.84. The number of carbonyl (C=O) groups is 1. The van der Waals surface area contributed by atoms with E-state index in [0.29, 0.717) is 23.0 Å². The first-order chi connectivity index (χ1) is 11.6. The van der Waals surface area contributed by atoms with Gasteiger partial charge in [0.1, 0.15) is 5.75 Å². The molecule has 1 aromatic carbocycles. The molecule has 0 spiro atoms. The van der Waals surface area contributed by atoms with Gasteiger partial charge in [0.25, 0.3) is 0 Å². The number of ether oxygens (including phenoxy) is 1. The Morgan fingerprint density at radius 1 is 1.28 bits per heavy atom. The lowest BCUT2D eigenvalue weighted by atomic mass is 10.2. The van der Waals surface area contributed by atoms with Gasteiger partial charge in [-0.3, -0.25) is 9.10 Å². The summed E-state index contributed by atoms with van der Waals surface area (Å²) in [6.45, 7) is 1.43. The van der Waals surface area contributed by atoms with Crippen molar-refractivity contribution in [1.82, 2.24) is 10.2 Å². The van der Waals surface area contributed by atoms with Crippen molar-refractivity contribution in [3.63, 3.8) is 0 Å². The van der Waals surface area contributed by atoms with E-state index in [2.05, 4.69) is 5.32 Å². The summed E-state index contributed by atoms with van der Waals surface area (Å²) in [6, 6.07) is 4.72. The molecule has 0 atom stereocenters. The molecule has 0 saturated carbocycles. The van der Waals surface area contributed by atoms with Crippen LogP contribution in [0.2, 0.25) is 5.02 Å². The molecule has 0 unspecified atom stereocenters. The normalized spacial score (nSPS) is 11.4. The Morgan fingerprint density at radius 2 is 1.96 bits per heavy atom. The summed E-state index contributed by atoms with van der Waals surface area (Å²) in [7, 11) is 1.78. The van der Waals surface area contributed by atoms with Crippen LogP contribution in [0.3, 0.4) is 0 Å². The summed E-state index contributed by atoms with van der Waals surface area (Å²) >= 11 is 5.98. The topological polar surface area (TPSA) is 79.0 Å². The number of nitrogens with zero attached hydrogens (tertiary/aromatic N) is 2. The lowest BCUT2D eigenvalue weighted by Crippen LogP contribution is -2.35. The molecule has 0 aliphatic rings. The number of hydrogen-bond acceptors (Lipinski definition) is 5. The van der Waals surface area contributed by atoms with Gasteiger partial charge in [-0.2, -0.15) is 0 Å². The zero-order chi connectivity index (χ0) is 19.0. The smallest absolute Gasteiger partial charge is 0.232 e. The quantitative estimate of drug-likeness (QED) is 0.612. The SMILES string of the molecule is COc1ccc(Cl)cc1N(CCC(=O)NCCCN(C)C)S(C)(=O)=O. The number of sulfonamides is 1. The minimum Gasteiger partial charge on any atom is -0.495 e. The molecule has 0 radical (unpaired) electrons. The summed E-state index contributed by atoms with van der Waals surface area (Å²) in [6.07, 6.45) is 1.96. The van der Waals surface area contributed by atoms with Gasteiger partial charge in [-0.25, -0.2) is 8.42 Å². The summed E-state index contributed by atoms with van der Waals surface area (Å²) in [5.74, 6) is 0.176. The van der Waals surface area contributed by atoms with Crippen molar-refractivity contribution in [2.45, 2.75) is 12.8 Å². The lowest BCUT2D eigenvalue weighted by Gasteiger charge is -2.24. The fourth-order valence-corrected chi connectivity index (χ4v) is 3.33. The van der Waals surface area contributed by atoms with Crippen LogP contribution in [0, 0.1) is 0 Å². The minimum atomic E-state index is -3.59. The maximum atomic E-state index is 12.1. The summed E-state index contributed by atoms with van der Waals surface area (Å²) in [5, 5.41) is 3.18. The van der Waals surface area contributed by atoms with E-state index in [0.717, 1.165) is 23.5 Å². The Labute approximate surface area is 154 Å². The standard InChI is InChI=1S/C16H26ClN3O4S/c1-19(2)10-5-9-18-16(21)8-11-20(25(4,22)23)14-12-13(17)6-7-15(14)24-3/h6-7,12H,5,8-11H2,1-4H3,(H,18,21). The molecule has 1 rings (SSSR count). The highest BCUT2D eigenvalue weighted by Gasteiger charge is 2.22. The predicted octanol–water partition coefficient (Wildman–Crippen LogP) is 1.57. The zero-order valence-electron chi connectivity index (χ0n) is 15.1. The van der Waals surface area contributed by atoms with Gasteiger partial charge in [-0.05, 0) is 45.3 Å². The number of nitrogens with one attached hydrogen (secondary N) is 1.